The molecule has 1 aromatic heterocycles. The fourth-order valence-electron chi connectivity index (χ4n) is 3.26. The lowest BCUT2D eigenvalue weighted by atomic mass is 9.91. The zero-order chi connectivity index (χ0) is 21.8. The van der Waals surface area contributed by atoms with Crippen molar-refractivity contribution < 1.29 is 4.79 Å². The van der Waals surface area contributed by atoms with Crippen molar-refractivity contribution in [3.05, 3.63) is 53.2 Å². The van der Waals surface area contributed by atoms with E-state index in [9.17, 15) is 4.79 Å². The second kappa shape index (κ2) is 13.1. The van der Waals surface area contributed by atoms with Crippen LogP contribution in [0.15, 0.2) is 36.5 Å². The number of nitrogens with two attached hydrogens (primary N) is 1. The third kappa shape index (κ3) is 9.74. The number of carbonyl (C=O) groups excluding carboxylic acids is 1. The smallest absolute Gasteiger partial charge is 0.248 e. The molecule has 2 aromatic rings. The average molecular weight is 397 g/mol. The second-order valence-corrected chi connectivity index (χ2v) is 8.78. The Bertz CT molecular complexity index is 743. The van der Waals surface area contributed by atoms with E-state index >= 15 is 0 Å². The van der Waals surface area contributed by atoms with Gasteiger partial charge in [-0.05, 0) is 48.4 Å². The Balaban J connectivity index is 0.000000314. The Hall–Kier alpha value is -2.16. The van der Waals surface area contributed by atoms with Crippen molar-refractivity contribution in [2.45, 2.75) is 80.1 Å². The molecular formula is C26H40N2O. The fraction of sp³-hybridized carbons (Fsp3) is 0.538. The summed E-state index contributed by atoms with van der Waals surface area (Å²) in [5.41, 5.74) is 9.93. The number of primary amides is 1. The Kier molecular flexibility index (Phi) is 11.3. The first-order chi connectivity index (χ1) is 13.7. The van der Waals surface area contributed by atoms with E-state index in [4.69, 9.17) is 5.73 Å². The van der Waals surface area contributed by atoms with Crippen LogP contribution in [-0.4, -0.2) is 10.9 Å². The van der Waals surface area contributed by atoms with Crippen LogP contribution in [0.5, 0.6) is 0 Å². The Labute approximate surface area is 178 Å². The summed E-state index contributed by atoms with van der Waals surface area (Å²) in [5, 5.41) is 0. The highest BCUT2D eigenvalue weighted by Crippen LogP contribution is 2.23. The van der Waals surface area contributed by atoms with Gasteiger partial charge < -0.3 is 5.73 Å². The molecule has 0 saturated heterocycles. The number of amides is 1. The predicted molar refractivity (Wildman–Crippen MR) is 125 cm³/mol. The molecule has 0 bridgehead atoms. The lowest BCUT2D eigenvalue weighted by molar-refractivity contribution is 0.100. The molecule has 1 aromatic carbocycles. The van der Waals surface area contributed by atoms with Crippen LogP contribution in [0, 0.1) is 18.8 Å². The Morgan fingerprint density at radius 3 is 2.21 bits per heavy atom. The van der Waals surface area contributed by atoms with E-state index in [0.29, 0.717) is 5.56 Å². The molecular weight excluding hydrogens is 356 g/mol. The van der Waals surface area contributed by atoms with E-state index in [2.05, 4.69) is 45.7 Å². The maximum atomic E-state index is 11.2. The molecule has 1 fully saturated rings. The largest absolute Gasteiger partial charge is 0.366 e. The molecule has 160 valence electrons. The van der Waals surface area contributed by atoms with E-state index in [-0.39, 0.29) is 0 Å². The van der Waals surface area contributed by atoms with Crippen molar-refractivity contribution in [2.75, 3.05) is 0 Å². The van der Waals surface area contributed by atoms with Gasteiger partial charge in [0.05, 0.1) is 5.69 Å². The zero-order valence-corrected chi connectivity index (χ0v) is 19.3. The number of nitrogens with zero attached hydrogens (tertiary/aromatic N) is 1. The lowest BCUT2D eigenvalue weighted by Gasteiger charge is -2.15. The average Bonchev–Trinajstić information content (AvgIpc) is 2.68. The standard InChI is InChI=1S/C15H16N2O.C7H14.C4H10/c1-3-11-7-10(2)14(17-9-11)12-5-4-6-13(8-12)15(16)18;1-7-5-3-2-4-6-7;1-4(2)3/h4-9H,3H2,1-2H3,(H2,16,18);7H,2-6H2,1H3;4H,1-3H3. The summed E-state index contributed by atoms with van der Waals surface area (Å²) >= 11 is 0. The number of aromatic nitrogens is 1. The van der Waals surface area contributed by atoms with E-state index in [1.807, 2.05) is 25.3 Å². The number of carbonyl (C=O) groups is 1. The van der Waals surface area contributed by atoms with E-state index in [1.54, 1.807) is 12.1 Å². The van der Waals surface area contributed by atoms with Crippen molar-refractivity contribution in [1.82, 2.24) is 4.98 Å². The minimum atomic E-state index is -0.417. The SMILES string of the molecule is CC(C)C.CC1CCCCC1.CCc1cnc(-c2cccc(C(N)=O)c2)c(C)c1. The third-order valence-electron chi connectivity index (χ3n) is 4.86. The number of aryl methyl sites for hydroxylation is 2. The number of rotatable bonds is 3. The number of hydrogen-bond donors (Lipinski definition) is 1. The van der Waals surface area contributed by atoms with Crippen LogP contribution in [0.4, 0.5) is 0 Å². The van der Waals surface area contributed by atoms with Gasteiger partial charge in [-0.3, -0.25) is 9.78 Å². The third-order valence-corrected chi connectivity index (χ3v) is 4.86. The topological polar surface area (TPSA) is 56.0 Å². The summed E-state index contributed by atoms with van der Waals surface area (Å²) in [4.78, 5) is 15.6. The van der Waals surface area contributed by atoms with Crippen molar-refractivity contribution >= 4 is 5.91 Å². The summed E-state index contributed by atoms with van der Waals surface area (Å²) in [6.07, 6.45) is 10.3. The van der Waals surface area contributed by atoms with Crippen molar-refractivity contribution in [1.29, 1.82) is 0 Å². The van der Waals surface area contributed by atoms with Crippen LogP contribution < -0.4 is 5.73 Å². The van der Waals surface area contributed by atoms with Crippen LogP contribution in [0.3, 0.4) is 0 Å². The van der Waals surface area contributed by atoms with Crippen LogP contribution in [-0.2, 0) is 6.42 Å². The molecule has 3 rings (SSSR count). The molecule has 0 atom stereocenters. The summed E-state index contributed by atoms with van der Waals surface area (Å²) < 4.78 is 0. The molecule has 2 N–H and O–H groups in total. The minimum absolute atomic E-state index is 0.417. The van der Waals surface area contributed by atoms with Gasteiger partial charge in [0.15, 0.2) is 0 Å². The fourth-order valence-corrected chi connectivity index (χ4v) is 3.26. The molecule has 3 heteroatoms. The molecule has 0 aliphatic heterocycles. The zero-order valence-electron chi connectivity index (χ0n) is 19.3. The summed E-state index contributed by atoms with van der Waals surface area (Å²) in [7, 11) is 0. The van der Waals surface area contributed by atoms with E-state index in [1.165, 1.54) is 37.7 Å². The molecule has 0 unspecified atom stereocenters. The number of benzene rings is 1. The quantitative estimate of drug-likeness (QED) is 0.609. The van der Waals surface area contributed by atoms with Gasteiger partial charge in [-0.2, -0.15) is 0 Å². The van der Waals surface area contributed by atoms with Gasteiger partial charge >= 0.3 is 0 Å². The van der Waals surface area contributed by atoms with Gasteiger partial charge in [0.25, 0.3) is 0 Å². The summed E-state index contributed by atoms with van der Waals surface area (Å²) in [6, 6.07) is 9.38. The van der Waals surface area contributed by atoms with Crippen molar-refractivity contribution in [3.8, 4) is 11.3 Å². The normalized spacial score (nSPS) is 13.8. The second-order valence-electron chi connectivity index (χ2n) is 8.78. The summed E-state index contributed by atoms with van der Waals surface area (Å²) in [5.74, 6) is 1.45. The monoisotopic (exact) mass is 396 g/mol. The van der Waals surface area contributed by atoms with Gasteiger partial charge in [0.1, 0.15) is 0 Å². The molecule has 3 nitrogen and oxygen atoms in total. The highest BCUT2D eigenvalue weighted by atomic mass is 16.1. The Morgan fingerprint density at radius 2 is 1.76 bits per heavy atom. The first-order valence-electron chi connectivity index (χ1n) is 11.1. The number of pyridine rings is 1. The maximum absolute atomic E-state index is 11.2. The lowest BCUT2D eigenvalue weighted by Crippen LogP contribution is -2.10. The number of hydrogen-bond acceptors (Lipinski definition) is 2. The molecule has 1 aliphatic rings. The first-order valence-corrected chi connectivity index (χ1v) is 11.1. The van der Waals surface area contributed by atoms with Gasteiger partial charge in [-0.15, -0.1) is 0 Å². The van der Waals surface area contributed by atoms with Crippen LogP contribution >= 0.6 is 0 Å². The molecule has 0 spiro atoms. The molecule has 0 radical (unpaired) electrons. The van der Waals surface area contributed by atoms with Crippen LogP contribution in [0.1, 0.15) is 88.2 Å². The van der Waals surface area contributed by atoms with Crippen molar-refractivity contribution in [3.63, 3.8) is 0 Å². The van der Waals surface area contributed by atoms with E-state index in [0.717, 1.165) is 35.1 Å². The highest BCUT2D eigenvalue weighted by molar-refractivity contribution is 5.94. The van der Waals surface area contributed by atoms with Gasteiger partial charge in [-0.25, -0.2) is 0 Å². The van der Waals surface area contributed by atoms with Crippen molar-refractivity contribution in [2.24, 2.45) is 17.6 Å². The van der Waals surface area contributed by atoms with Crippen LogP contribution in [0.25, 0.3) is 11.3 Å². The predicted octanol–water partition coefficient (Wildman–Crippen LogP) is 6.97. The van der Waals surface area contributed by atoms with E-state index < -0.39 is 5.91 Å². The molecule has 1 amide bonds. The molecule has 1 saturated carbocycles. The highest BCUT2D eigenvalue weighted by Gasteiger charge is 2.07. The van der Waals surface area contributed by atoms with Crippen LogP contribution in [0.2, 0.25) is 0 Å². The maximum Gasteiger partial charge on any atom is 0.248 e. The summed E-state index contributed by atoms with van der Waals surface area (Å²) in [6.45, 7) is 13.0. The van der Waals surface area contributed by atoms with Gasteiger partial charge in [-0.1, -0.05) is 84.9 Å². The minimum Gasteiger partial charge on any atom is -0.366 e. The molecule has 29 heavy (non-hydrogen) atoms. The first kappa shape index (κ1) is 24.9. The van der Waals surface area contributed by atoms with Gasteiger partial charge in [0.2, 0.25) is 5.91 Å². The Morgan fingerprint density at radius 1 is 1.14 bits per heavy atom. The van der Waals surface area contributed by atoms with Gasteiger partial charge in [0, 0.05) is 17.3 Å². The molecule has 1 heterocycles. The molecule has 1 aliphatic carbocycles.